The van der Waals surface area contributed by atoms with E-state index in [-0.39, 0.29) is 21.0 Å². The molecule has 0 saturated carbocycles. The molecule has 0 bridgehead atoms. The van der Waals surface area contributed by atoms with E-state index in [2.05, 4.69) is 15.6 Å². The van der Waals surface area contributed by atoms with Crippen LogP contribution in [0.3, 0.4) is 0 Å². The Balaban J connectivity index is 1.60. The maximum Gasteiger partial charge on any atom is 0.433 e. The molecule has 0 aliphatic heterocycles. The first kappa shape index (κ1) is 23.2. The van der Waals surface area contributed by atoms with Gasteiger partial charge in [0.05, 0.1) is 23.2 Å². The third-order valence-electron chi connectivity index (χ3n) is 5.05. The average molecular weight is 485 g/mol. The van der Waals surface area contributed by atoms with Gasteiger partial charge in [-0.1, -0.05) is 18.2 Å². The maximum absolute atomic E-state index is 13.0. The summed E-state index contributed by atoms with van der Waals surface area (Å²) in [6.07, 6.45) is -4.58. The van der Waals surface area contributed by atoms with Crippen LogP contribution < -0.4 is 15.4 Å². The fraction of sp³-hybridized carbons (Fsp3) is 0.125. The second-order valence-corrected chi connectivity index (χ2v) is 8.29. The number of benzene rings is 2. The quantitative estimate of drug-likeness (QED) is 0.356. The number of ether oxygens (including phenoxy) is 1. The van der Waals surface area contributed by atoms with Gasteiger partial charge in [-0.2, -0.15) is 13.2 Å². The van der Waals surface area contributed by atoms with Crippen molar-refractivity contribution in [3.63, 3.8) is 0 Å². The summed E-state index contributed by atoms with van der Waals surface area (Å²) in [7, 11) is 1.52. The lowest BCUT2D eigenvalue weighted by molar-refractivity contribution is -0.140. The van der Waals surface area contributed by atoms with Gasteiger partial charge in [-0.25, -0.2) is 4.98 Å². The fourth-order valence-corrected chi connectivity index (χ4v) is 4.42. The Kier molecular flexibility index (Phi) is 6.25. The number of anilines is 2. The van der Waals surface area contributed by atoms with Crippen molar-refractivity contribution >= 4 is 44.7 Å². The van der Waals surface area contributed by atoms with Gasteiger partial charge in [-0.05, 0) is 48.9 Å². The van der Waals surface area contributed by atoms with Gasteiger partial charge in [0, 0.05) is 17.1 Å². The lowest BCUT2D eigenvalue weighted by atomic mass is 10.1. The monoisotopic (exact) mass is 485 g/mol. The number of carbonyl (C=O) groups is 2. The summed E-state index contributed by atoms with van der Waals surface area (Å²) in [6, 6.07) is 15.5. The summed E-state index contributed by atoms with van der Waals surface area (Å²) in [6.45, 7) is 1.64. The van der Waals surface area contributed by atoms with Gasteiger partial charge in [0.25, 0.3) is 11.8 Å². The maximum atomic E-state index is 13.0. The number of rotatable bonds is 5. The molecule has 0 aliphatic rings. The van der Waals surface area contributed by atoms with E-state index in [9.17, 15) is 22.8 Å². The number of pyridine rings is 1. The highest BCUT2D eigenvalue weighted by molar-refractivity contribution is 7.20. The predicted octanol–water partition coefficient (Wildman–Crippen LogP) is 6.14. The molecule has 10 heteroatoms. The molecule has 0 unspecified atom stereocenters. The topological polar surface area (TPSA) is 80.3 Å². The summed E-state index contributed by atoms with van der Waals surface area (Å²) < 4.78 is 44.2. The molecule has 34 heavy (non-hydrogen) atoms. The summed E-state index contributed by atoms with van der Waals surface area (Å²) in [5, 5.41) is 5.92. The Labute approximate surface area is 196 Å². The molecule has 6 nitrogen and oxygen atoms in total. The number of aryl methyl sites for hydroxylation is 1. The van der Waals surface area contributed by atoms with Crippen molar-refractivity contribution in [2.45, 2.75) is 13.1 Å². The zero-order valence-electron chi connectivity index (χ0n) is 18.0. The van der Waals surface area contributed by atoms with E-state index in [0.29, 0.717) is 22.4 Å². The number of hydrogen-bond donors (Lipinski definition) is 2. The molecule has 0 aliphatic carbocycles. The zero-order chi connectivity index (χ0) is 24.5. The van der Waals surface area contributed by atoms with E-state index in [1.807, 2.05) is 0 Å². The number of alkyl halides is 3. The molecular formula is C24H18F3N3O3S. The van der Waals surface area contributed by atoms with Crippen molar-refractivity contribution < 1.29 is 27.5 Å². The lowest BCUT2D eigenvalue weighted by Gasteiger charge is -2.12. The van der Waals surface area contributed by atoms with Crippen LogP contribution in [0.5, 0.6) is 5.75 Å². The van der Waals surface area contributed by atoms with Gasteiger partial charge < -0.3 is 15.4 Å². The van der Waals surface area contributed by atoms with E-state index in [4.69, 9.17) is 4.74 Å². The van der Waals surface area contributed by atoms with Crippen LogP contribution in [-0.2, 0) is 6.18 Å². The Morgan fingerprint density at radius 2 is 1.74 bits per heavy atom. The van der Waals surface area contributed by atoms with Crippen molar-refractivity contribution in [2.75, 3.05) is 17.7 Å². The lowest BCUT2D eigenvalue weighted by Crippen LogP contribution is -2.18. The molecule has 0 spiro atoms. The Bertz CT molecular complexity index is 1400. The first-order valence-corrected chi connectivity index (χ1v) is 10.8. The number of aromatic nitrogens is 1. The molecule has 2 aromatic carbocycles. The van der Waals surface area contributed by atoms with Crippen molar-refractivity contribution in [1.82, 2.24) is 4.98 Å². The van der Waals surface area contributed by atoms with Crippen LogP contribution in [0.15, 0.2) is 60.7 Å². The molecule has 2 aromatic heterocycles. The van der Waals surface area contributed by atoms with Gasteiger partial charge in [-0.15, -0.1) is 11.3 Å². The molecule has 174 valence electrons. The molecule has 4 aromatic rings. The smallest absolute Gasteiger partial charge is 0.433 e. The highest BCUT2D eigenvalue weighted by Crippen LogP contribution is 2.34. The molecule has 0 atom stereocenters. The first-order chi connectivity index (χ1) is 16.2. The Hall–Kier alpha value is -3.92. The van der Waals surface area contributed by atoms with Crippen LogP contribution in [0, 0.1) is 6.92 Å². The molecule has 0 saturated heterocycles. The van der Waals surface area contributed by atoms with Crippen molar-refractivity contribution in [3.8, 4) is 5.75 Å². The third kappa shape index (κ3) is 4.72. The Morgan fingerprint density at radius 1 is 0.971 bits per heavy atom. The number of methoxy groups -OCH3 is 1. The summed E-state index contributed by atoms with van der Waals surface area (Å²) in [5.41, 5.74) is 0.478. The van der Waals surface area contributed by atoms with E-state index in [1.54, 1.807) is 55.5 Å². The minimum absolute atomic E-state index is 0.113. The number of nitrogens with zero attached hydrogens (tertiary/aromatic N) is 1. The van der Waals surface area contributed by atoms with Crippen molar-refractivity contribution in [1.29, 1.82) is 0 Å². The van der Waals surface area contributed by atoms with Crippen LogP contribution in [0.1, 0.15) is 31.3 Å². The first-order valence-electron chi connectivity index (χ1n) is 10.0. The second kappa shape index (κ2) is 9.14. The van der Waals surface area contributed by atoms with E-state index < -0.39 is 23.7 Å². The van der Waals surface area contributed by atoms with Gasteiger partial charge in [0.15, 0.2) is 0 Å². The minimum atomic E-state index is -4.58. The largest absolute Gasteiger partial charge is 0.497 e. The van der Waals surface area contributed by atoms with Crippen LogP contribution >= 0.6 is 11.3 Å². The number of hydrogen-bond acceptors (Lipinski definition) is 5. The van der Waals surface area contributed by atoms with Crippen molar-refractivity contribution in [3.05, 3.63) is 82.4 Å². The van der Waals surface area contributed by atoms with E-state index in [1.165, 1.54) is 13.2 Å². The van der Waals surface area contributed by atoms with Gasteiger partial charge in [-0.3, -0.25) is 9.59 Å². The number of nitrogens with one attached hydrogen (secondary N) is 2. The van der Waals surface area contributed by atoms with Gasteiger partial charge in [0.2, 0.25) is 0 Å². The highest BCUT2D eigenvalue weighted by Gasteiger charge is 2.33. The molecule has 0 fully saturated rings. The number of carbonyl (C=O) groups excluding carboxylic acids is 2. The van der Waals surface area contributed by atoms with Gasteiger partial charge >= 0.3 is 6.18 Å². The Morgan fingerprint density at radius 3 is 2.47 bits per heavy atom. The van der Waals surface area contributed by atoms with Crippen LogP contribution in [0.25, 0.3) is 10.2 Å². The molecule has 2 amide bonds. The number of thiophene rings is 1. The predicted molar refractivity (Wildman–Crippen MR) is 125 cm³/mol. The molecule has 0 radical (unpaired) electrons. The average Bonchev–Trinajstić information content (AvgIpc) is 3.15. The number of fused-ring (bicyclic) bond motifs is 1. The van der Waals surface area contributed by atoms with Crippen LogP contribution in [0.2, 0.25) is 0 Å². The van der Waals surface area contributed by atoms with E-state index in [0.717, 1.165) is 17.4 Å². The van der Waals surface area contributed by atoms with E-state index >= 15 is 0 Å². The van der Waals surface area contributed by atoms with Crippen molar-refractivity contribution in [2.24, 2.45) is 0 Å². The summed E-state index contributed by atoms with van der Waals surface area (Å²) in [4.78, 5) is 29.9. The number of amides is 2. The molecule has 2 heterocycles. The van der Waals surface area contributed by atoms with Crippen LogP contribution in [0.4, 0.5) is 24.5 Å². The fourth-order valence-electron chi connectivity index (χ4n) is 3.34. The second-order valence-electron chi connectivity index (χ2n) is 7.29. The summed E-state index contributed by atoms with van der Waals surface area (Å²) in [5.74, 6) is -0.425. The normalized spacial score (nSPS) is 11.3. The van der Waals surface area contributed by atoms with Crippen LogP contribution in [-0.4, -0.2) is 23.9 Å². The number of para-hydroxylation sites is 1. The SMILES string of the molecule is COc1cccc(NC(=O)c2ccccc2NC(=O)c2sc3nc(C(F)(F)F)ccc3c2C)c1. The number of halogens is 3. The highest BCUT2D eigenvalue weighted by atomic mass is 32.1. The summed E-state index contributed by atoms with van der Waals surface area (Å²) >= 11 is 0.865. The minimum Gasteiger partial charge on any atom is -0.497 e. The zero-order valence-corrected chi connectivity index (χ0v) is 18.8. The van der Waals surface area contributed by atoms with Gasteiger partial charge in [0.1, 0.15) is 16.3 Å². The molecule has 2 N–H and O–H groups in total. The standard InChI is InChI=1S/C24H18F3N3O3S/c1-13-16-10-11-19(24(25,26)27)30-23(16)34-20(13)22(32)29-18-9-4-3-8-17(18)21(31)28-14-6-5-7-15(12-14)33-2/h3-12H,1-2H3,(H,28,31)(H,29,32). The molecule has 4 rings (SSSR count). The third-order valence-corrected chi connectivity index (χ3v) is 6.25. The molecular weight excluding hydrogens is 467 g/mol.